The summed E-state index contributed by atoms with van der Waals surface area (Å²) in [6.07, 6.45) is 1.61. The van der Waals surface area contributed by atoms with Gasteiger partial charge in [-0.3, -0.25) is 9.69 Å². The van der Waals surface area contributed by atoms with Gasteiger partial charge in [0, 0.05) is 18.0 Å². The second-order valence-corrected chi connectivity index (χ2v) is 7.14. The van der Waals surface area contributed by atoms with Crippen molar-refractivity contribution in [1.29, 1.82) is 0 Å². The molecule has 1 N–H and O–H groups in total. The first-order chi connectivity index (χ1) is 12.1. The Morgan fingerprint density at radius 2 is 1.88 bits per heavy atom. The van der Waals surface area contributed by atoms with Crippen LogP contribution in [0.2, 0.25) is 0 Å². The number of carbonyl (C=O) groups excluding carboxylic acids is 1. The second kappa shape index (κ2) is 7.80. The Hall–Kier alpha value is -2.18. The van der Waals surface area contributed by atoms with Crippen molar-refractivity contribution in [1.82, 2.24) is 4.90 Å². The molecule has 0 bridgehead atoms. The maximum Gasteiger partial charge on any atom is 0.346 e. The molecule has 1 aromatic heterocycles. The van der Waals surface area contributed by atoms with Gasteiger partial charge in [0.1, 0.15) is 10.6 Å². The molecule has 1 aliphatic rings. The van der Waals surface area contributed by atoms with E-state index in [1.165, 1.54) is 11.3 Å². The van der Waals surface area contributed by atoms with E-state index < -0.39 is 5.97 Å². The number of carboxylic acid groups (broad SMARTS) is 1. The van der Waals surface area contributed by atoms with Crippen LogP contribution in [-0.4, -0.2) is 42.0 Å². The zero-order valence-corrected chi connectivity index (χ0v) is 14.9. The number of likely N-dealkylation sites (tertiary alicyclic amines) is 1. The molecule has 1 aromatic carbocycles. The van der Waals surface area contributed by atoms with Crippen LogP contribution in [0.4, 0.5) is 0 Å². The summed E-state index contributed by atoms with van der Waals surface area (Å²) in [5.41, 5.74) is 1.59. The summed E-state index contributed by atoms with van der Waals surface area (Å²) in [6.45, 7) is 2.25. The van der Waals surface area contributed by atoms with Gasteiger partial charge in [-0.15, -0.1) is 11.3 Å². The summed E-state index contributed by atoms with van der Waals surface area (Å²) in [5.74, 6) is 0.0982. The quantitative estimate of drug-likeness (QED) is 0.799. The third kappa shape index (κ3) is 4.08. The molecule has 5 nitrogen and oxygen atoms in total. The standard InChI is InChI=1S/C19H21NO4S/c1-24-16-4-2-13(3-5-16)17(21)14-6-9-20(10-7-14)12-15-8-11-25-18(15)19(22)23/h2-5,8,11,14H,6-7,9-10,12H2,1H3,(H,22,23). The zero-order chi connectivity index (χ0) is 17.8. The van der Waals surface area contributed by atoms with E-state index in [0.717, 1.165) is 42.8 Å². The highest BCUT2D eigenvalue weighted by atomic mass is 32.1. The van der Waals surface area contributed by atoms with Gasteiger partial charge < -0.3 is 9.84 Å². The van der Waals surface area contributed by atoms with Gasteiger partial charge in [0.15, 0.2) is 5.78 Å². The van der Waals surface area contributed by atoms with Crippen molar-refractivity contribution < 1.29 is 19.4 Å². The topological polar surface area (TPSA) is 66.8 Å². The molecule has 132 valence electrons. The van der Waals surface area contributed by atoms with Gasteiger partial charge in [0.2, 0.25) is 0 Å². The Bertz CT molecular complexity index is 745. The molecule has 0 spiro atoms. The molecule has 0 saturated carbocycles. The Morgan fingerprint density at radius 3 is 2.48 bits per heavy atom. The molecule has 0 unspecified atom stereocenters. The Labute approximate surface area is 150 Å². The van der Waals surface area contributed by atoms with E-state index in [4.69, 9.17) is 4.74 Å². The molecule has 0 radical (unpaired) electrons. The highest BCUT2D eigenvalue weighted by Gasteiger charge is 2.26. The van der Waals surface area contributed by atoms with Crippen LogP contribution < -0.4 is 4.74 Å². The number of Topliss-reactive ketones (excluding diaryl/α,β-unsaturated/α-hetero) is 1. The first-order valence-corrected chi connectivity index (χ1v) is 9.16. The van der Waals surface area contributed by atoms with Gasteiger partial charge in [-0.25, -0.2) is 4.79 Å². The highest BCUT2D eigenvalue weighted by Crippen LogP contribution is 2.25. The van der Waals surface area contributed by atoms with Crippen LogP contribution in [0, 0.1) is 5.92 Å². The number of carbonyl (C=O) groups is 2. The number of ketones is 1. The summed E-state index contributed by atoms with van der Waals surface area (Å²) in [5, 5.41) is 11.0. The normalized spacial score (nSPS) is 15.9. The van der Waals surface area contributed by atoms with E-state index in [0.29, 0.717) is 11.4 Å². The van der Waals surface area contributed by atoms with E-state index in [-0.39, 0.29) is 11.7 Å². The minimum Gasteiger partial charge on any atom is -0.497 e. The van der Waals surface area contributed by atoms with Gasteiger partial charge in [0.05, 0.1) is 7.11 Å². The van der Waals surface area contributed by atoms with Crippen molar-refractivity contribution in [3.8, 4) is 5.75 Å². The highest BCUT2D eigenvalue weighted by molar-refractivity contribution is 7.12. The summed E-state index contributed by atoms with van der Waals surface area (Å²) < 4.78 is 5.13. The van der Waals surface area contributed by atoms with Crippen molar-refractivity contribution in [2.24, 2.45) is 5.92 Å². The molecule has 0 atom stereocenters. The minimum absolute atomic E-state index is 0.0334. The lowest BCUT2D eigenvalue weighted by atomic mass is 9.88. The molecule has 2 aromatic rings. The number of carboxylic acids is 1. The van der Waals surface area contributed by atoms with Gasteiger partial charge in [-0.2, -0.15) is 0 Å². The summed E-state index contributed by atoms with van der Waals surface area (Å²) in [7, 11) is 1.61. The fraction of sp³-hybridized carbons (Fsp3) is 0.368. The largest absolute Gasteiger partial charge is 0.497 e. The molecular formula is C19H21NO4S. The average Bonchev–Trinajstić information content (AvgIpc) is 3.10. The lowest BCUT2D eigenvalue weighted by molar-refractivity contribution is 0.0699. The van der Waals surface area contributed by atoms with Crippen LogP contribution in [0.5, 0.6) is 5.75 Å². The van der Waals surface area contributed by atoms with Crippen LogP contribution in [0.3, 0.4) is 0 Å². The SMILES string of the molecule is COc1ccc(C(=O)C2CCN(Cc3ccsc3C(=O)O)CC2)cc1. The first-order valence-electron chi connectivity index (χ1n) is 8.28. The van der Waals surface area contributed by atoms with E-state index in [2.05, 4.69) is 4.90 Å². The van der Waals surface area contributed by atoms with Gasteiger partial charge in [-0.05, 0) is 67.2 Å². The maximum absolute atomic E-state index is 12.6. The fourth-order valence-corrected chi connectivity index (χ4v) is 3.99. The smallest absolute Gasteiger partial charge is 0.346 e. The third-order valence-electron chi connectivity index (χ3n) is 4.67. The average molecular weight is 359 g/mol. The molecule has 25 heavy (non-hydrogen) atoms. The van der Waals surface area contributed by atoms with Crippen molar-refractivity contribution in [2.75, 3.05) is 20.2 Å². The van der Waals surface area contributed by atoms with Crippen molar-refractivity contribution in [3.63, 3.8) is 0 Å². The van der Waals surface area contributed by atoms with E-state index >= 15 is 0 Å². The van der Waals surface area contributed by atoms with Crippen LogP contribution >= 0.6 is 11.3 Å². The number of nitrogens with zero attached hydrogens (tertiary/aromatic N) is 1. The molecule has 0 aliphatic carbocycles. The number of hydrogen-bond donors (Lipinski definition) is 1. The van der Waals surface area contributed by atoms with Gasteiger partial charge in [-0.1, -0.05) is 0 Å². The number of benzene rings is 1. The summed E-state index contributed by atoms with van der Waals surface area (Å²) in [6, 6.07) is 9.14. The maximum atomic E-state index is 12.6. The number of methoxy groups -OCH3 is 1. The van der Waals surface area contributed by atoms with Gasteiger partial charge in [0.25, 0.3) is 0 Å². The van der Waals surface area contributed by atoms with Crippen LogP contribution in [-0.2, 0) is 6.54 Å². The molecule has 1 fully saturated rings. The van der Waals surface area contributed by atoms with Crippen molar-refractivity contribution in [3.05, 3.63) is 51.7 Å². The summed E-state index contributed by atoms with van der Waals surface area (Å²) >= 11 is 1.26. The fourth-order valence-electron chi connectivity index (χ4n) is 3.23. The Morgan fingerprint density at radius 1 is 1.20 bits per heavy atom. The minimum atomic E-state index is -0.866. The predicted molar refractivity (Wildman–Crippen MR) is 96.6 cm³/mol. The van der Waals surface area contributed by atoms with E-state index in [1.54, 1.807) is 7.11 Å². The van der Waals surface area contributed by atoms with E-state index in [9.17, 15) is 14.7 Å². The number of thiophene rings is 1. The number of piperidine rings is 1. The third-order valence-corrected chi connectivity index (χ3v) is 5.61. The van der Waals surface area contributed by atoms with Crippen LogP contribution in [0.15, 0.2) is 35.7 Å². The molecule has 1 saturated heterocycles. The number of hydrogen-bond acceptors (Lipinski definition) is 5. The molecule has 1 aliphatic heterocycles. The number of ether oxygens (including phenoxy) is 1. The molecular weight excluding hydrogens is 338 g/mol. The molecule has 3 rings (SSSR count). The lowest BCUT2D eigenvalue weighted by Crippen LogP contribution is -2.36. The Balaban J connectivity index is 1.56. The zero-order valence-electron chi connectivity index (χ0n) is 14.1. The van der Waals surface area contributed by atoms with Crippen molar-refractivity contribution >= 4 is 23.1 Å². The molecule has 6 heteroatoms. The lowest BCUT2D eigenvalue weighted by Gasteiger charge is -2.31. The van der Waals surface area contributed by atoms with Gasteiger partial charge >= 0.3 is 5.97 Å². The number of rotatable bonds is 6. The van der Waals surface area contributed by atoms with Crippen LogP contribution in [0.1, 0.15) is 38.4 Å². The van der Waals surface area contributed by atoms with Crippen molar-refractivity contribution in [2.45, 2.75) is 19.4 Å². The van der Waals surface area contributed by atoms with E-state index in [1.807, 2.05) is 35.7 Å². The summed E-state index contributed by atoms with van der Waals surface area (Å²) in [4.78, 5) is 26.5. The Kier molecular flexibility index (Phi) is 5.50. The second-order valence-electron chi connectivity index (χ2n) is 6.22. The predicted octanol–water partition coefficient (Wildman–Crippen LogP) is 3.55. The first kappa shape index (κ1) is 17.6. The molecule has 0 amide bonds. The molecule has 2 heterocycles. The monoisotopic (exact) mass is 359 g/mol. The van der Waals surface area contributed by atoms with Crippen LogP contribution in [0.25, 0.3) is 0 Å². The number of aromatic carboxylic acids is 1.